The number of anilines is 2. The average Bonchev–Trinajstić information content (AvgIpc) is 2.91. The van der Waals surface area contributed by atoms with Crippen LogP contribution in [0.5, 0.6) is 11.5 Å². The molecule has 190 valence electrons. The third kappa shape index (κ3) is 6.22. The van der Waals surface area contributed by atoms with E-state index in [-0.39, 0.29) is 24.7 Å². The zero-order valence-corrected chi connectivity index (χ0v) is 20.9. The van der Waals surface area contributed by atoms with Crippen LogP contribution in [0.2, 0.25) is 5.02 Å². The van der Waals surface area contributed by atoms with Crippen LogP contribution < -0.4 is 21.4 Å². The number of hydrogen-bond acceptors (Lipinski definition) is 8. The summed E-state index contributed by atoms with van der Waals surface area (Å²) in [4.78, 5) is 45.4. The number of ether oxygens (including phenoxy) is 2. The van der Waals surface area contributed by atoms with Gasteiger partial charge >= 0.3 is 17.3 Å². The molecule has 0 bridgehead atoms. The molecule has 2 aromatic carbocycles. The summed E-state index contributed by atoms with van der Waals surface area (Å²) in [5.74, 6) is 0.537. The lowest BCUT2D eigenvalue weighted by atomic mass is 10.2. The molecule has 4 rings (SSSR count). The summed E-state index contributed by atoms with van der Waals surface area (Å²) >= 11 is 5.99. The smallest absolute Gasteiger partial charge is 0.356 e. The summed E-state index contributed by atoms with van der Waals surface area (Å²) in [6, 6.07) is 17.1. The van der Waals surface area contributed by atoms with E-state index in [1.807, 2.05) is 19.1 Å². The second-order valence-corrected chi connectivity index (χ2v) is 8.42. The number of rotatable bonds is 9. The molecule has 0 saturated carbocycles. The highest BCUT2D eigenvalue weighted by atomic mass is 35.5. The Morgan fingerprint density at radius 3 is 2.30 bits per heavy atom. The summed E-state index contributed by atoms with van der Waals surface area (Å²) in [6.45, 7) is 2.35. The van der Waals surface area contributed by atoms with E-state index >= 15 is 0 Å². The molecule has 0 aliphatic rings. The standard InChI is InChI=1S/C26H24ClN5O5/c1-3-14-31-25(34)30-24(32(26(31)35)16-17-4-6-18(27)7-5-17)29-19-8-10-20(11-9-19)37-21-12-13-22(28-15-21)23(33)36-2/h4-13,15H,3,14,16H2,1-2H3,(H,29,30,34). The number of halogens is 1. The van der Waals surface area contributed by atoms with E-state index in [1.165, 1.54) is 23.9 Å². The lowest BCUT2D eigenvalue weighted by molar-refractivity contribution is 0.0594. The van der Waals surface area contributed by atoms with Gasteiger partial charge in [-0.3, -0.25) is 4.57 Å². The molecule has 4 aromatic rings. The van der Waals surface area contributed by atoms with E-state index in [9.17, 15) is 14.4 Å². The summed E-state index contributed by atoms with van der Waals surface area (Å²) in [5, 5.41) is 3.65. The van der Waals surface area contributed by atoms with Crippen molar-refractivity contribution in [3.05, 3.63) is 104 Å². The molecule has 0 unspecified atom stereocenters. The second kappa shape index (κ2) is 11.5. The van der Waals surface area contributed by atoms with Crippen molar-refractivity contribution in [2.24, 2.45) is 0 Å². The van der Waals surface area contributed by atoms with Crippen LogP contribution in [0.4, 0.5) is 11.6 Å². The largest absolute Gasteiger partial charge is 0.464 e. The maximum atomic E-state index is 13.2. The van der Waals surface area contributed by atoms with Crippen molar-refractivity contribution >= 4 is 29.2 Å². The maximum Gasteiger partial charge on any atom is 0.356 e. The fourth-order valence-corrected chi connectivity index (χ4v) is 3.62. The van der Waals surface area contributed by atoms with Gasteiger partial charge < -0.3 is 14.8 Å². The zero-order chi connectivity index (χ0) is 26.4. The first-order valence-electron chi connectivity index (χ1n) is 11.4. The fourth-order valence-electron chi connectivity index (χ4n) is 3.49. The van der Waals surface area contributed by atoms with Crippen LogP contribution in [0.1, 0.15) is 29.4 Å². The predicted octanol–water partition coefficient (Wildman–Crippen LogP) is 4.23. The molecular formula is C26H24ClN5O5. The van der Waals surface area contributed by atoms with Gasteiger partial charge in [0.05, 0.1) is 19.9 Å². The molecule has 0 amide bonds. The molecule has 11 heteroatoms. The molecular weight excluding hydrogens is 498 g/mol. The van der Waals surface area contributed by atoms with Crippen LogP contribution >= 0.6 is 11.6 Å². The van der Waals surface area contributed by atoms with Crippen LogP contribution in [0.25, 0.3) is 0 Å². The van der Waals surface area contributed by atoms with E-state index in [0.29, 0.717) is 28.6 Å². The minimum absolute atomic E-state index is 0.119. The van der Waals surface area contributed by atoms with Gasteiger partial charge in [-0.05, 0) is 60.5 Å². The summed E-state index contributed by atoms with van der Waals surface area (Å²) in [6.07, 6.45) is 2.04. The number of esters is 1. The molecule has 0 fully saturated rings. The van der Waals surface area contributed by atoms with Gasteiger partial charge in [0.15, 0.2) is 0 Å². The molecule has 2 heterocycles. The molecule has 0 atom stereocenters. The van der Waals surface area contributed by atoms with E-state index in [2.05, 4.69) is 20.0 Å². The Morgan fingerprint density at radius 1 is 0.973 bits per heavy atom. The zero-order valence-electron chi connectivity index (χ0n) is 20.2. The van der Waals surface area contributed by atoms with Crippen LogP contribution in [-0.2, 0) is 17.8 Å². The molecule has 10 nitrogen and oxygen atoms in total. The van der Waals surface area contributed by atoms with Crippen molar-refractivity contribution in [3.63, 3.8) is 0 Å². The van der Waals surface area contributed by atoms with E-state index < -0.39 is 17.3 Å². The summed E-state index contributed by atoms with van der Waals surface area (Å²) < 4.78 is 12.9. The van der Waals surface area contributed by atoms with Gasteiger partial charge in [-0.25, -0.2) is 23.9 Å². The van der Waals surface area contributed by atoms with Crippen LogP contribution in [0.3, 0.4) is 0 Å². The Bertz CT molecular complexity index is 1500. The average molecular weight is 522 g/mol. The number of aromatic nitrogens is 4. The Labute approximate surface area is 217 Å². The summed E-state index contributed by atoms with van der Waals surface area (Å²) in [7, 11) is 1.28. The highest BCUT2D eigenvalue weighted by Crippen LogP contribution is 2.24. The molecule has 0 saturated heterocycles. The van der Waals surface area contributed by atoms with Crippen molar-refractivity contribution in [1.82, 2.24) is 19.1 Å². The quantitative estimate of drug-likeness (QED) is 0.325. The highest BCUT2D eigenvalue weighted by Gasteiger charge is 2.14. The Hall–Kier alpha value is -4.44. The van der Waals surface area contributed by atoms with Crippen LogP contribution in [0.15, 0.2) is 76.4 Å². The minimum Gasteiger partial charge on any atom is -0.464 e. The SMILES string of the molecule is CCCn1c(=O)nc(Nc2ccc(Oc3ccc(C(=O)OC)nc3)cc2)n(Cc2ccc(Cl)cc2)c1=O. The van der Waals surface area contributed by atoms with Crippen molar-refractivity contribution in [2.75, 3.05) is 12.4 Å². The number of nitrogens with zero attached hydrogens (tertiary/aromatic N) is 4. The second-order valence-electron chi connectivity index (χ2n) is 7.99. The van der Waals surface area contributed by atoms with Gasteiger partial charge in [-0.15, -0.1) is 0 Å². The lowest BCUT2D eigenvalue weighted by Crippen LogP contribution is -2.42. The first-order chi connectivity index (χ1) is 17.9. The molecule has 0 aliphatic heterocycles. The van der Waals surface area contributed by atoms with Gasteiger partial charge in [-0.1, -0.05) is 30.7 Å². The number of hydrogen-bond donors (Lipinski definition) is 1. The predicted molar refractivity (Wildman–Crippen MR) is 139 cm³/mol. The van der Waals surface area contributed by atoms with Crippen molar-refractivity contribution < 1.29 is 14.3 Å². The molecule has 37 heavy (non-hydrogen) atoms. The maximum absolute atomic E-state index is 13.2. The van der Waals surface area contributed by atoms with Gasteiger partial charge in [0.25, 0.3) is 0 Å². The van der Waals surface area contributed by atoms with Gasteiger partial charge in [0.2, 0.25) is 5.95 Å². The number of nitrogens with one attached hydrogen (secondary N) is 1. The molecule has 2 aromatic heterocycles. The first-order valence-corrected chi connectivity index (χ1v) is 11.8. The van der Waals surface area contributed by atoms with Crippen LogP contribution in [-0.4, -0.2) is 32.2 Å². The van der Waals surface area contributed by atoms with Crippen molar-refractivity contribution in [3.8, 4) is 11.5 Å². The summed E-state index contributed by atoms with van der Waals surface area (Å²) in [5.41, 5.74) is 0.517. The number of carbonyl (C=O) groups is 1. The van der Waals surface area contributed by atoms with Gasteiger partial charge in [0.1, 0.15) is 17.2 Å². The van der Waals surface area contributed by atoms with Crippen molar-refractivity contribution in [2.45, 2.75) is 26.4 Å². The molecule has 0 radical (unpaired) electrons. The Morgan fingerprint density at radius 2 is 1.68 bits per heavy atom. The van der Waals surface area contributed by atoms with Gasteiger partial charge in [0, 0.05) is 17.3 Å². The fraction of sp³-hybridized carbons (Fsp3) is 0.192. The third-order valence-electron chi connectivity index (χ3n) is 5.33. The first kappa shape index (κ1) is 25.6. The third-order valence-corrected chi connectivity index (χ3v) is 5.58. The molecule has 1 N–H and O–H groups in total. The number of carbonyl (C=O) groups excluding carboxylic acids is 1. The molecule has 0 aliphatic carbocycles. The van der Waals surface area contributed by atoms with Crippen LogP contribution in [0, 0.1) is 0 Å². The number of pyridine rings is 1. The molecule has 0 spiro atoms. The number of methoxy groups -OCH3 is 1. The Balaban J connectivity index is 1.57. The Kier molecular flexibility index (Phi) is 7.99. The van der Waals surface area contributed by atoms with E-state index in [4.69, 9.17) is 16.3 Å². The highest BCUT2D eigenvalue weighted by molar-refractivity contribution is 6.30. The number of benzene rings is 2. The topological polar surface area (TPSA) is 117 Å². The van der Waals surface area contributed by atoms with Gasteiger partial charge in [-0.2, -0.15) is 4.98 Å². The van der Waals surface area contributed by atoms with E-state index in [0.717, 1.165) is 10.1 Å². The van der Waals surface area contributed by atoms with Crippen molar-refractivity contribution in [1.29, 1.82) is 0 Å². The minimum atomic E-state index is -0.621. The monoisotopic (exact) mass is 521 g/mol. The lowest BCUT2D eigenvalue weighted by Gasteiger charge is -2.16. The van der Waals surface area contributed by atoms with E-state index in [1.54, 1.807) is 42.5 Å². The normalized spacial score (nSPS) is 10.7.